The minimum atomic E-state index is -0.340. The highest BCUT2D eigenvalue weighted by molar-refractivity contribution is 9.10. The van der Waals surface area contributed by atoms with E-state index in [9.17, 15) is 5.11 Å². The van der Waals surface area contributed by atoms with Gasteiger partial charge in [-0.15, -0.1) is 0 Å². The number of benzene rings is 2. The standard InChI is InChI=1S/C18H19BrO2/c19-16-10-14-8-9-21-18(14)15(11-16)12-17(20)7-6-13-4-2-1-3-5-13/h1-5,10-11,17,20H,6-9,12H2. The largest absolute Gasteiger partial charge is 0.493 e. The molecule has 0 bridgehead atoms. The van der Waals surface area contributed by atoms with Gasteiger partial charge in [-0.1, -0.05) is 46.3 Å². The zero-order valence-corrected chi connectivity index (χ0v) is 13.5. The quantitative estimate of drug-likeness (QED) is 0.888. The van der Waals surface area contributed by atoms with Crippen molar-refractivity contribution in [1.82, 2.24) is 0 Å². The van der Waals surface area contributed by atoms with E-state index in [2.05, 4.69) is 40.2 Å². The molecule has 1 N–H and O–H groups in total. The maximum Gasteiger partial charge on any atom is 0.125 e. The predicted octanol–water partition coefficient (Wildman–Crippen LogP) is 3.92. The molecule has 3 rings (SSSR count). The molecule has 0 fully saturated rings. The molecule has 0 amide bonds. The van der Waals surface area contributed by atoms with Crippen LogP contribution in [0.4, 0.5) is 0 Å². The number of fused-ring (bicyclic) bond motifs is 1. The van der Waals surface area contributed by atoms with Gasteiger partial charge in [-0.25, -0.2) is 0 Å². The van der Waals surface area contributed by atoms with Crippen molar-refractivity contribution in [2.45, 2.75) is 31.8 Å². The van der Waals surface area contributed by atoms with Crippen LogP contribution in [0.1, 0.15) is 23.1 Å². The van der Waals surface area contributed by atoms with Gasteiger partial charge in [0.15, 0.2) is 0 Å². The molecular formula is C18H19BrO2. The van der Waals surface area contributed by atoms with Crippen LogP contribution in [0.3, 0.4) is 0 Å². The molecule has 0 aromatic heterocycles. The van der Waals surface area contributed by atoms with Crippen molar-refractivity contribution >= 4 is 15.9 Å². The molecule has 2 aromatic carbocycles. The smallest absolute Gasteiger partial charge is 0.125 e. The summed E-state index contributed by atoms with van der Waals surface area (Å²) in [5.41, 5.74) is 3.62. The Kier molecular flexibility index (Phi) is 4.61. The fraction of sp³-hybridized carbons (Fsp3) is 0.333. The van der Waals surface area contributed by atoms with Crippen molar-refractivity contribution in [3.8, 4) is 5.75 Å². The van der Waals surface area contributed by atoms with E-state index in [0.29, 0.717) is 6.42 Å². The molecule has 1 heterocycles. The van der Waals surface area contributed by atoms with Gasteiger partial charge in [0.05, 0.1) is 12.7 Å². The van der Waals surface area contributed by atoms with Crippen molar-refractivity contribution in [2.75, 3.05) is 6.61 Å². The highest BCUT2D eigenvalue weighted by Crippen LogP contribution is 2.34. The van der Waals surface area contributed by atoms with Gasteiger partial charge < -0.3 is 9.84 Å². The molecule has 0 saturated carbocycles. The van der Waals surface area contributed by atoms with Gasteiger partial charge in [-0.3, -0.25) is 0 Å². The van der Waals surface area contributed by atoms with E-state index in [1.165, 1.54) is 11.1 Å². The Morgan fingerprint density at radius 2 is 2.00 bits per heavy atom. The molecule has 1 unspecified atom stereocenters. The summed E-state index contributed by atoms with van der Waals surface area (Å²) >= 11 is 3.54. The molecule has 21 heavy (non-hydrogen) atoms. The van der Waals surface area contributed by atoms with Crippen molar-refractivity contribution < 1.29 is 9.84 Å². The van der Waals surface area contributed by atoms with Crippen molar-refractivity contribution in [3.05, 3.63) is 63.6 Å². The Bertz CT molecular complexity index is 610. The summed E-state index contributed by atoms with van der Waals surface area (Å²) in [5.74, 6) is 0.983. The first-order valence-corrected chi connectivity index (χ1v) is 8.18. The SMILES string of the molecule is OC(CCc1ccccc1)Cc1cc(Br)cc2c1OCC2. The third-order valence-corrected chi connectivity index (χ3v) is 4.35. The molecule has 1 aliphatic heterocycles. The van der Waals surface area contributed by atoms with Crippen molar-refractivity contribution in [1.29, 1.82) is 0 Å². The third kappa shape index (κ3) is 3.66. The van der Waals surface area contributed by atoms with Crippen LogP contribution in [0.15, 0.2) is 46.9 Å². The van der Waals surface area contributed by atoms with Gasteiger partial charge in [0.1, 0.15) is 5.75 Å². The summed E-state index contributed by atoms with van der Waals surface area (Å²) in [6.45, 7) is 0.749. The van der Waals surface area contributed by atoms with Crippen LogP contribution in [0.5, 0.6) is 5.75 Å². The van der Waals surface area contributed by atoms with Gasteiger partial charge >= 0.3 is 0 Å². The van der Waals surface area contributed by atoms with Gasteiger partial charge in [0.2, 0.25) is 0 Å². The Labute approximate surface area is 133 Å². The lowest BCUT2D eigenvalue weighted by Gasteiger charge is -2.14. The van der Waals surface area contributed by atoms with Gasteiger partial charge in [-0.05, 0) is 41.7 Å². The number of aryl methyl sites for hydroxylation is 1. The number of rotatable bonds is 5. The van der Waals surface area contributed by atoms with Crippen LogP contribution < -0.4 is 4.74 Å². The van der Waals surface area contributed by atoms with Crippen LogP contribution >= 0.6 is 15.9 Å². The van der Waals surface area contributed by atoms with Crippen LogP contribution in [-0.2, 0) is 19.3 Å². The minimum absolute atomic E-state index is 0.340. The Balaban J connectivity index is 1.64. The maximum absolute atomic E-state index is 10.3. The maximum atomic E-state index is 10.3. The number of ether oxygens (including phenoxy) is 1. The van der Waals surface area contributed by atoms with E-state index in [1.807, 2.05) is 18.2 Å². The van der Waals surface area contributed by atoms with E-state index in [4.69, 9.17) is 4.74 Å². The Morgan fingerprint density at radius 1 is 1.19 bits per heavy atom. The highest BCUT2D eigenvalue weighted by Gasteiger charge is 2.19. The first-order valence-electron chi connectivity index (χ1n) is 7.38. The first kappa shape index (κ1) is 14.6. The summed E-state index contributed by atoms with van der Waals surface area (Å²) in [4.78, 5) is 0. The fourth-order valence-electron chi connectivity index (χ4n) is 2.83. The van der Waals surface area contributed by atoms with Gasteiger partial charge in [0.25, 0.3) is 0 Å². The van der Waals surface area contributed by atoms with E-state index >= 15 is 0 Å². The average molecular weight is 347 g/mol. The lowest BCUT2D eigenvalue weighted by molar-refractivity contribution is 0.164. The lowest BCUT2D eigenvalue weighted by atomic mass is 9.99. The van der Waals surface area contributed by atoms with E-state index in [-0.39, 0.29) is 6.10 Å². The summed E-state index contributed by atoms with van der Waals surface area (Å²) < 4.78 is 6.78. The molecule has 110 valence electrons. The first-order chi connectivity index (χ1) is 10.2. The molecule has 2 nitrogen and oxygen atoms in total. The molecule has 0 radical (unpaired) electrons. The van der Waals surface area contributed by atoms with E-state index in [1.54, 1.807) is 0 Å². The summed E-state index contributed by atoms with van der Waals surface area (Å²) in [6, 6.07) is 14.5. The fourth-order valence-corrected chi connectivity index (χ4v) is 3.38. The van der Waals surface area contributed by atoms with E-state index in [0.717, 1.165) is 41.7 Å². The van der Waals surface area contributed by atoms with Gasteiger partial charge in [-0.2, -0.15) is 0 Å². The minimum Gasteiger partial charge on any atom is -0.493 e. The Morgan fingerprint density at radius 3 is 2.81 bits per heavy atom. The zero-order chi connectivity index (χ0) is 14.7. The number of halogens is 1. The monoisotopic (exact) mass is 346 g/mol. The molecule has 0 saturated heterocycles. The summed E-state index contributed by atoms with van der Waals surface area (Å²) in [6.07, 6.45) is 2.94. The number of hydrogen-bond acceptors (Lipinski definition) is 2. The molecular weight excluding hydrogens is 328 g/mol. The normalized spacial score (nSPS) is 14.6. The van der Waals surface area contributed by atoms with E-state index < -0.39 is 0 Å². The van der Waals surface area contributed by atoms with Crippen LogP contribution in [0, 0.1) is 0 Å². The summed E-state index contributed by atoms with van der Waals surface area (Å²) in [5, 5.41) is 10.3. The molecule has 1 atom stereocenters. The highest BCUT2D eigenvalue weighted by atomic mass is 79.9. The average Bonchev–Trinajstić information content (AvgIpc) is 2.94. The lowest BCUT2D eigenvalue weighted by Crippen LogP contribution is -2.12. The van der Waals surface area contributed by atoms with Crippen LogP contribution in [0.25, 0.3) is 0 Å². The molecule has 0 spiro atoms. The van der Waals surface area contributed by atoms with Crippen molar-refractivity contribution in [3.63, 3.8) is 0 Å². The summed E-state index contributed by atoms with van der Waals surface area (Å²) in [7, 11) is 0. The van der Waals surface area contributed by atoms with Gasteiger partial charge in [0, 0.05) is 17.3 Å². The number of aliphatic hydroxyl groups is 1. The second-order valence-corrected chi connectivity index (χ2v) is 6.45. The van der Waals surface area contributed by atoms with Crippen molar-refractivity contribution in [2.24, 2.45) is 0 Å². The second-order valence-electron chi connectivity index (χ2n) is 5.53. The number of aliphatic hydroxyl groups excluding tert-OH is 1. The zero-order valence-electron chi connectivity index (χ0n) is 11.9. The topological polar surface area (TPSA) is 29.5 Å². The number of hydrogen-bond donors (Lipinski definition) is 1. The molecule has 1 aliphatic rings. The second kappa shape index (κ2) is 6.63. The molecule has 0 aliphatic carbocycles. The molecule has 3 heteroatoms. The Hall–Kier alpha value is -1.32. The van der Waals surface area contributed by atoms with Crippen LogP contribution in [-0.4, -0.2) is 17.8 Å². The predicted molar refractivity (Wildman–Crippen MR) is 87.8 cm³/mol. The van der Waals surface area contributed by atoms with Crippen LogP contribution in [0.2, 0.25) is 0 Å². The molecule has 2 aromatic rings. The third-order valence-electron chi connectivity index (χ3n) is 3.89.